The molecule has 0 unspecified atom stereocenters. The number of methoxy groups -OCH3 is 1. The van der Waals surface area contributed by atoms with E-state index in [1.54, 1.807) is 25.1 Å². The minimum absolute atomic E-state index is 0.0441. The summed E-state index contributed by atoms with van der Waals surface area (Å²) < 4.78 is 27.0. The molecule has 0 aliphatic carbocycles. The molecular formula is C25H30Cl2N2O8. The van der Waals surface area contributed by atoms with Crippen LogP contribution < -0.4 is 19.5 Å². The van der Waals surface area contributed by atoms with Crippen molar-refractivity contribution in [3.8, 4) is 17.2 Å². The van der Waals surface area contributed by atoms with Crippen LogP contribution in [0.5, 0.6) is 17.2 Å². The highest BCUT2D eigenvalue weighted by molar-refractivity contribution is 6.35. The van der Waals surface area contributed by atoms with Gasteiger partial charge in [0.1, 0.15) is 24.0 Å². The molecule has 1 amide bonds. The molecule has 2 rings (SSSR count). The van der Waals surface area contributed by atoms with Crippen molar-refractivity contribution in [2.24, 2.45) is 5.92 Å². The topological polar surface area (TPSA) is 122 Å². The van der Waals surface area contributed by atoms with E-state index in [0.717, 1.165) is 0 Å². The lowest BCUT2D eigenvalue weighted by Crippen LogP contribution is -2.44. The number of nitrogens with zero attached hydrogens (tertiary/aromatic N) is 1. The zero-order chi connectivity index (χ0) is 27.7. The van der Waals surface area contributed by atoms with Crippen molar-refractivity contribution in [1.82, 2.24) is 10.3 Å². The summed E-state index contributed by atoms with van der Waals surface area (Å²) in [5.41, 5.74) is -0.167. The normalized spacial score (nSPS) is 13.2. The highest BCUT2D eigenvalue weighted by Crippen LogP contribution is 2.31. The third kappa shape index (κ3) is 8.68. The Labute approximate surface area is 225 Å². The molecular weight excluding hydrogens is 527 g/mol. The van der Waals surface area contributed by atoms with Gasteiger partial charge in [0.15, 0.2) is 17.2 Å². The first kappa shape index (κ1) is 30.0. The number of rotatable bonds is 12. The number of halogens is 2. The summed E-state index contributed by atoms with van der Waals surface area (Å²) in [6, 6.07) is 5.26. The molecule has 37 heavy (non-hydrogen) atoms. The van der Waals surface area contributed by atoms with Crippen molar-refractivity contribution in [3.63, 3.8) is 0 Å². The lowest BCUT2D eigenvalue weighted by Gasteiger charge is -2.29. The molecule has 0 spiro atoms. The number of hydrogen-bond donors (Lipinski definition) is 1. The van der Waals surface area contributed by atoms with Crippen LogP contribution in [0.2, 0.25) is 10.0 Å². The Morgan fingerprint density at radius 2 is 1.76 bits per heavy atom. The number of esters is 2. The Kier molecular flexibility index (Phi) is 11.3. The van der Waals surface area contributed by atoms with E-state index in [1.165, 1.54) is 33.2 Å². The molecule has 0 aliphatic heterocycles. The summed E-state index contributed by atoms with van der Waals surface area (Å²) in [6.07, 6.45) is 0.118. The average Bonchev–Trinajstić information content (AvgIpc) is 2.82. The van der Waals surface area contributed by atoms with Crippen LogP contribution in [0.15, 0.2) is 30.5 Å². The van der Waals surface area contributed by atoms with Crippen LogP contribution in [0, 0.1) is 5.92 Å². The van der Waals surface area contributed by atoms with Gasteiger partial charge in [-0.05, 0) is 38.0 Å². The van der Waals surface area contributed by atoms with Gasteiger partial charge in [0.05, 0.1) is 12.1 Å². The average molecular weight is 557 g/mol. The smallest absolute Gasteiger partial charge is 0.328 e. The molecule has 0 saturated heterocycles. The summed E-state index contributed by atoms with van der Waals surface area (Å²) in [5, 5.41) is 3.32. The summed E-state index contributed by atoms with van der Waals surface area (Å²) in [5.74, 6) is -1.49. The number of aromatic nitrogens is 1. The molecule has 0 bridgehead atoms. The minimum Gasteiger partial charge on any atom is -0.493 e. The maximum atomic E-state index is 12.9. The van der Waals surface area contributed by atoms with Gasteiger partial charge in [-0.1, -0.05) is 37.0 Å². The number of benzene rings is 1. The van der Waals surface area contributed by atoms with E-state index < -0.39 is 42.9 Å². The van der Waals surface area contributed by atoms with Crippen molar-refractivity contribution in [2.45, 2.75) is 52.9 Å². The zero-order valence-electron chi connectivity index (χ0n) is 21.4. The van der Waals surface area contributed by atoms with Crippen LogP contribution in [-0.4, -0.2) is 55.0 Å². The van der Waals surface area contributed by atoms with E-state index in [1.807, 2.05) is 13.8 Å². The molecule has 1 heterocycles. The van der Waals surface area contributed by atoms with E-state index >= 15 is 0 Å². The number of hydrogen-bond acceptors (Lipinski definition) is 9. The van der Waals surface area contributed by atoms with Gasteiger partial charge in [-0.2, -0.15) is 0 Å². The molecule has 10 nitrogen and oxygen atoms in total. The second-order valence-corrected chi connectivity index (χ2v) is 9.17. The van der Waals surface area contributed by atoms with E-state index in [-0.39, 0.29) is 23.1 Å². The fourth-order valence-electron chi connectivity index (χ4n) is 3.23. The zero-order valence-corrected chi connectivity index (χ0v) is 22.9. The summed E-state index contributed by atoms with van der Waals surface area (Å²) in [4.78, 5) is 40.8. The van der Waals surface area contributed by atoms with Gasteiger partial charge in [0, 0.05) is 24.2 Å². The van der Waals surface area contributed by atoms with Crippen molar-refractivity contribution in [3.05, 3.63) is 46.2 Å². The molecule has 1 N–H and O–H groups in total. The van der Waals surface area contributed by atoms with Gasteiger partial charge < -0.3 is 29.0 Å². The van der Waals surface area contributed by atoms with Crippen LogP contribution in [0.25, 0.3) is 0 Å². The highest BCUT2D eigenvalue weighted by Gasteiger charge is 2.30. The second kappa shape index (κ2) is 13.9. The van der Waals surface area contributed by atoms with E-state index in [9.17, 15) is 14.4 Å². The second-order valence-electron chi connectivity index (χ2n) is 8.33. The Bertz CT molecular complexity index is 1110. The van der Waals surface area contributed by atoms with Crippen molar-refractivity contribution in [1.29, 1.82) is 0 Å². The first-order chi connectivity index (χ1) is 17.4. The van der Waals surface area contributed by atoms with Crippen LogP contribution in [-0.2, 0) is 19.1 Å². The molecule has 3 atom stereocenters. The van der Waals surface area contributed by atoms with Gasteiger partial charge in [-0.25, -0.2) is 9.78 Å². The Hall–Kier alpha value is -3.24. The molecule has 1 aromatic heterocycles. The van der Waals surface area contributed by atoms with Gasteiger partial charge in [-0.3, -0.25) is 9.59 Å². The van der Waals surface area contributed by atoms with Crippen LogP contribution >= 0.6 is 23.2 Å². The molecule has 0 fully saturated rings. The maximum absolute atomic E-state index is 12.9. The van der Waals surface area contributed by atoms with Crippen molar-refractivity contribution >= 4 is 41.0 Å². The standard InChI is InChI=1S/C25H30Cl2N2O8/c1-13(2)22(37-19-8-7-17(26)11-18(19)27)15(4)36-25(32)14(3)29-24(31)21-23(35-12-34-16(5)30)20(33-6)9-10-28-21/h7-11,13-15,22H,12H2,1-6H3,(H,29,31)/t14-,15-,22+/m0/s1. The third-order valence-electron chi connectivity index (χ3n) is 5.05. The number of amides is 1. The molecule has 2 aromatic rings. The fraction of sp³-hybridized carbons (Fsp3) is 0.440. The molecule has 0 aliphatic rings. The largest absolute Gasteiger partial charge is 0.493 e. The van der Waals surface area contributed by atoms with E-state index in [2.05, 4.69) is 10.3 Å². The van der Waals surface area contributed by atoms with Gasteiger partial charge in [-0.15, -0.1) is 0 Å². The number of pyridine rings is 1. The number of ether oxygens (including phenoxy) is 5. The lowest BCUT2D eigenvalue weighted by atomic mass is 10.0. The number of carbonyl (C=O) groups is 3. The minimum atomic E-state index is -1.05. The monoisotopic (exact) mass is 556 g/mol. The Morgan fingerprint density at radius 1 is 1.05 bits per heavy atom. The fourth-order valence-corrected chi connectivity index (χ4v) is 3.68. The molecule has 12 heteroatoms. The van der Waals surface area contributed by atoms with Gasteiger partial charge in [0.25, 0.3) is 5.91 Å². The molecule has 1 aromatic carbocycles. The molecule has 202 valence electrons. The predicted molar refractivity (Wildman–Crippen MR) is 136 cm³/mol. The Balaban J connectivity index is 2.09. The summed E-state index contributed by atoms with van der Waals surface area (Å²) in [6.45, 7) is 7.73. The highest BCUT2D eigenvalue weighted by atomic mass is 35.5. The Morgan fingerprint density at radius 3 is 2.35 bits per heavy atom. The van der Waals surface area contributed by atoms with E-state index in [0.29, 0.717) is 15.8 Å². The number of nitrogens with one attached hydrogen (secondary N) is 1. The van der Waals surface area contributed by atoms with Crippen LogP contribution in [0.4, 0.5) is 0 Å². The van der Waals surface area contributed by atoms with Gasteiger partial charge >= 0.3 is 11.9 Å². The molecule has 0 radical (unpaired) electrons. The first-order valence-corrected chi connectivity index (χ1v) is 12.1. The van der Waals surface area contributed by atoms with Crippen molar-refractivity contribution in [2.75, 3.05) is 13.9 Å². The predicted octanol–water partition coefficient (Wildman–Crippen LogP) is 4.45. The van der Waals surface area contributed by atoms with Crippen LogP contribution in [0.3, 0.4) is 0 Å². The SMILES string of the molecule is COc1ccnc(C(=O)N[C@@H](C)C(=O)O[C@@H](C)[C@H](Oc2ccc(Cl)cc2Cl)C(C)C)c1OCOC(C)=O. The van der Waals surface area contributed by atoms with Crippen molar-refractivity contribution < 1.29 is 38.1 Å². The number of carbonyl (C=O) groups excluding carboxylic acids is 3. The molecule has 0 saturated carbocycles. The third-order valence-corrected chi connectivity index (χ3v) is 5.58. The first-order valence-electron chi connectivity index (χ1n) is 11.4. The lowest BCUT2D eigenvalue weighted by molar-refractivity contribution is -0.156. The summed E-state index contributed by atoms with van der Waals surface area (Å²) in [7, 11) is 1.38. The quantitative estimate of drug-likeness (QED) is 0.298. The van der Waals surface area contributed by atoms with E-state index in [4.69, 9.17) is 46.9 Å². The van der Waals surface area contributed by atoms with Crippen LogP contribution in [0.1, 0.15) is 45.1 Å². The maximum Gasteiger partial charge on any atom is 0.328 e. The van der Waals surface area contributed by atoms with Gasteiger partial charge in [0.2, 0.25) is 6.79 Å². The summed E-state index contributed by atoms with van der Waals surface area (Å²) >= 11 is 12.2.